The second-order valence-electron chi connectivity index (χ2n) is 6.99. The van der Waals surface area contributed by atoms with Gasteiger partial charge in [-0.1, -0.05) is 12.1 Å². The van der Waals surface area contributed by atoms with Crippen LogP contribution < -0.4 is 0 Å². The van der Waals surface area contributed by atoms with Crippen molar-refractivity contribution in [2.75, 3.05) is 39.5 Å². The SMILES string of the molecule is O=C(O[Si]12OCCN(CCO1)CCO2)c1ccc([C]2[CH][CH][CH][CH]2)cc1.[CH]1[CH][CH][CH][CH]1.[Fe+2]. The monoisotopic (exact) mass is 479 g/mol. The number of carbonyl (C=O) groups excluding carboxylic acids is 1. The summed E-state index contributed by atoms with van der Waals surface area (Å²) in [7, 11) is -3.42. The molecule has 1 aromatic carbocycles. The van der Waals surface area contributed by atoms with Crippen molar-refractivity contribution in [3.8, 4) is 0 Å². The molecule has 8 heteroatoms. The van der Waals surface area contributed by atoms with Crippen molar-refractivity contribution in [2.24, 2.45) is 0 Å². The van der Waals surface area contributed by atoms with Crippen molar-refractivity contribution in [3.63, 3.8) is 0 Å². The molecule has 3 saturated heterocycles. The number of carbonyl (C=O) groups is 1. The molecule has 6 rings (SSSR count). The maximum Gasteiger partial charge on any atom is 2.00 e. The van der Waals surface area contributed by atoms with E-state index >= 15 is 0 Å². The average Bonchev–Trinajstić information content (AvgIpc) is 3.46. The van der Waals surface area contributed by atoms with Gasteiger partial charge in [-0.05, 0) is 75.5 Å². The van der Waals surface area contributed by atoms with Crippen molar-refractivity contribution < 1.29 is 39.6 Å². The van der Waals surface area contributed by atoms with Crippen LogP contribution in [-0.4, -0.2) is 59.4 Å². The zero-order chi connectivity index (χ0) is 20.7. The zero-order valence-electron chi connectivity index (χ0n) is 17.1. The van der Waals surface area contributed by atoms with E-state index in [1.165, 1.54) is 0 Å². The molecule has 10 radical (unpaired) electrons. The van der Waals surface area contributed by atoms with Crippen molar-refractivity contribution in [1.82, 2.24) is 4.90 Å². The third-order valence-electron chi connectivity index (χ3n) is 4.95. The number of nitrogens with zero attached hydrogens (tertiary/aromatic N) is 1. The van der Waals surface area contributed by atoms with Crippen LogP contribution in [0.5, 0.6) is 0 Å². The third kappa shape index (κ3) is 7.12. The molecule has 1 aromatic rings. The summed E-state index contributed by atoms with van der Waals surface area (Å²) in [6.07, 6.45) is 18.0. The normalized spacial score (nSPS) is 28.5. The molecule has 0 aromatic heterocycles. The third-order valence-corrected chi connectivity index (χ3v) is 7.06. The predicted molar refractivity (Wildman–Crippen MR) is 113 cm³/mol. The van der Waals surface area contributed by atoms with Crippen LogP contribution in [0.2, 0.25) is 0 Å². The minimum atomic E-state index is -3.42. The molecule has 3 heterocycles. The number of benzene rings is 1. The second kappa shape index (κ2) is 12.5. The average molecular weight is 479 g/mol. The fourth-order valence-corrected chi connectivity index (χ4v) is 5.10. The van der Waals surface area contributed by atoms with Crippen LogP contribution in [0, 0.1) is 63.7 Å². The fourth-order valence-electron chi connectivity index (χ4n) is 3.31. The van der Waals surface area contributed by atoms with Gasteiger partial charge in [0.15, 0.2) is 0 Å². The van der Waals surface area contributed by atoms with E-state index < -0.39 is 15.0 Å². The van der Waals surface area contributed by atoms with Gasteiger partial charge in [0, 0.05) is 25.6 Å². The van der Waals surface area contributed by atoms with E-state index in [0.717, 1.165) is 31.1 Å². The van der Waals surface area contributed by atoms with Crippen LogP contribution in [0.4, 0.5) is 0 Å². The number of fused-ring (bicyclic) bond motifs is 6. The Hall–Kier alpha value is -0.734. The summed E-state index contributed by atoms with van der Waals surface area (Å²) in [6, 6.07) is 7.32. The second-order valence-corrected chi connectivity index (χ2v) is 9.06. The predicted octanol–water partition coefficient (Wildman–Crippen LogP) is 2.43. The summed E-state index contributed by atoms with van der Waals surface area (Å²) in [5, 5.41) is 0. The molecular weight excluding hydrogens is 454 g/mol. The van der Waals surface area contributed by atoms with Crippen LogP contribution in [-0.2, 0) is 34.8 Å². The minimum Gasteiger partial charge on any atom is -0.448 e. The Bertz CT molecular complexity index is 645. The Labute approximate surface area is 197 Å². The van der Waals surface area contributed by atoms with E-state index in [1.54, 1.807) is 12.1 Å². The Kier molecular flexibility index (Phi) is 10.0. The molecule has 5 aliphatic rings. The van der Waals surface area contributed by atoms with Crippen LogP contribution in [0.3, 0.4) is 0 Å². The Morgan fingerprint density at radius 3 is 1.74 bits per heavy atom. The van der Waals surface area contributed by atoms with Crippen LogP contribution in [0.25, 0.3) is 0 Å². The molecule has 5 fully saturated rings. The molecule has 6 nitrogen and oxygen atoms in total. The van der Waals surface area contributed by atoms with E-state index in [0.29, 0.717) is 25.4 Å². The first-order valence-corrected chi connectivity index (χ1v) is 11.7. The van der Waals surface area contributed by atoms with E-state index in [2.05, 4.69) is 4.90 Å². The van der Waals surface area contributed by atoms with Crippen molar-refractivity contribution >= 4 is 15.0 Å². The summed E-state index contributed by atoms with van der Waals surface area (Å²) in [6.45, 7) is 3.72. The minimum absolute atomic E-state index is 0. The number of hydrogen-bond donors (Lipinski definition) is 0. The van der Waals surface area contributed by atoms with Crippen molar-refractivity contribution in [3.05, 3.63) is 99.1 Å². The molecule has 162 valence electrons. The zero-order valence-corrected chi connectivity index (χ0v) is 19.2. The molecule has 0 spiro atoms. The Balaban J connectivity index is 0.000000401. The van der Waals surface area contributed by atoms with Gasteiger partial charge in [-0.15, -0.1) is 0 Å². The Morgan fingerprint density at radius 1 is 0.774 bits per heavy atom. The molecule has 2 bridgehead atoms. The summed E-state index contributed by atoms with van der Waals surface area (Å²) >= 11 is 0. The van der Waals surface area contributed by atoms with Gasteiger partial charge in [-0.25, -0.2) is 4.79 Å². The van der Waals surface area contributed by atoms with Crippen LogP contribution in [0.15, 0.2) is 24.3 Å². The summed E-state index contributed by atoms with van der Waals surface area (Å²) < 4.78 is 22.8. The molecule has 0 atom stereocenters. The van der Waals surface area contributed by atoms with Gasteiger partial charge in [-0.2, -0.15) is 0 Å². The number of rotatable bonds is 3. The number of hydrogen-bond acceptors (Lipinski definition) is 6. The van der Waals surface area contributed by atoms with E-state index in [4.69, 9.17) is 17.7 Å². The summed E-state index contributed by atoms with van der Waals surface area (Å²) in [5.41, 5.74) is 1.51. The van der Waals surface area contributed by atoms with Crippen molar-refractivity contribution in [1.29, 1.82) is 0 Å². The molecule has 0 amide bonds. The molecule has 2 aliphatic carbocycles. The molecule has 0 unspecified atom stereocenters. The van der Waals surface area contributed by atoms with E-state index in [9.17, 15) is 4.79 Å². The van der Waals surface area contributed by atoms with Gasteiger partial charge in [-0.3, -0.25) is 4.90 Å². The van der Waals surface area contributed by atoms with Crippen LogP contribution >= 0.6 is 0 Å². The van der Waals surface area contributed by atoms with Gasteiger partial charge in [0.1, 0.15) is 0 Å². The first-order chi connectivity index (χ1) is 14.7. The summed E-state index contributed by atoms with van der Waals surface area (Å²) in [5.74, 6) is 0.645. The molecular formula is C23H25FeNO5Si+2. The van der Waals surface area contributed by atoms with Gasteiger partial charge < -0.3 is 17.7 Å². The first-order valence-electron chi connectivity index (χ1n) is 10.1. The smallest absolute Gasteiger partial charge is 0.448 e. The summed E-state index contributed by atoms with van der Waals surface area (Å²) in [4.78, 5) is 14.8. The standard InChI is InChI=1S/C18H20NO5Si.C5H5.Fe/c20-18(17-7-5-16(6-8-17)15-3-1-2-4-15)24-25-21-12-9-19(10-13-22-25)11-14-23-25;1-2-4-5-3-1;/h1-8H,9-14H2;1-5H;/q;;+2. The van der Waals surface area contributed by atoms with Gasteiger partial charge in [0.2, 0.25) is 0 Å². The quantitative estimate of drug-likeness (QED) is 0.621. The van der Waals surface area contributed by atoms with Gasteiger partial charge >= 0.3 is 32.1 Å². The molecule has 31 heavy (non-hydrogen) atoms. The topological polar surface area (TPSA) is 57.2 Å². The van der Waals surface area contributed by atoms with Gasteiger partial charge in [0.05, 0.1) is 25.4 Å². The van der Waals surface area contributed by atoms with E-state index in [1.807, 2.05) is 69.9 Å². The first kappa shape index (κ1) is 24.9. The molecule has 3 aliphatic heterocycles. The fraction of sp³-hybridized carbons (Fsp3) is 0.261. The molecule has 2 saturated carbocycles. The van der Waals surface area contributed by atoms with Crippen LogP contribution in [0.1, 0.15) is 15.9 Å². The largest absolute Gasteiger partial charge is 2.00 e. The Morgan fingerprint density at radius 2 is 1.26 bits per heavy atom. The van der Waals surface area contributed by atoms with Gasteiger partial charge in [0.25, 0.3) is 0 Å². The maximum absolute atomic E-state index is 12.6. The van der Waals surface area contributed by atoms with Crippen molar-refractivity contribution in [2.45, 2.75) is 0 Å². The molecule has 0 N–H and O–H groups in total. The maximum atomic E-state index is 12.6. The van der Waals surface area contributed by atoms with E-state index in [-0.39, 0.29) is 17.1 Å².